The lowest BCUT2D eigenvalue weighted by atomic mass is 10.1. The maximum absolute atomic E-state index is 11.4. The van der Waals surface area contributed by atoms with Crippen molar-refractivity contribution in [2.24, 2.45) is 0 Å². The van der Waals surface area contributed by atoms with E-state index in [1.54, 1.807) is 6.07 Å². The number of benzene rings is 1. The molecule has 0 aliphatic heterocycles. The number of aromatic carboxylic acids is 1. The number of carboxylic acids is 1. The van der Waals surface area contributed by atoms with Gasteiger partial charge in [-0.15, -0.1) is 0 Å². The average molecular weight is 221 g/mol. The number of aryl methyl sites for hydroxylation is 1. The first kappa shape index (κ1) is 12.2. The van der Waals surface area contributed by atoms with Crippen molar-refractivity contribution in [3.63, 3.8) is 0 Å². The molecule has 1 aromatic carbocycles. The van der Waals surface area contributed by atoms with Crippen LogP contribution in [-0.4, -0.2) is 17.0 Å². The maximum atomic E-state index is 11.4. The maximum Gasteiger partial charge on any atom is 0.335 e. The molecule has 0 unspecified atom stereocenters. The van der Waals surface area contributed by atoms with E-state index in [4.69, 9.17) is 5.11 Å². The molecule has 16 heavy (non-hydrogen) atoms. The minimum Gasteiger partial charge on any atom is -0.478 e. The molecule has 0 saturated heterocycles. The Bertz CT molecular complexity index is 413. The van der Waals surface area contributed by atoms with Crippen molar-refractivity contribution in [1.82, 2.24) is 0 Å². The molecule has 4 heteroatoms. The Morgan fingerprint density at radius 1 is 1.38 bits per heavy atom. The molecule has 0 heterocycles. The van der Waals surface area contributed by atoms with Gasteiger partial charge in [-0.1, -0.05) is 13.0 Å². The highest BCUT2D eigenvalue weighted by Crippen LogP contribution is 2.17. The fraction of sp³-hybridized carbons (Fsp3) is 0.333. The van der Waals surface area contributed by atoms with Gasteiger partial charge in [-0.2, -0.15) is 0 Å². The second-order valence-electron chi connectivity index (χ2n) is 3.63. The van der Waals surface area contributed by atoms with E-state index >= 15 is 0 Å². The lowest BCUT2D eigenvalue weighted by Gasteiger charge is -2.08. The smallest absolute Gasteiger partial charge is 0.335 e. The van der Waals surface area contributed by atoms with Gasteiger partial charge in [0.05, 0.1) is 5.56 Å². The quantitative estimate of drug-likeness (QED) is 0.820. The minimum absolute atomic E-state index is 0.0897. The first-order valence-electron chi connectivity index (χ1n) is 5.18. The zero-order chi connectivity index (χ0) is 12.1. The number of nitrogens with one attached hydrogen (secondary N) is 1. The number of carbonyl (C=O) groups is 2. The van der Waals surface area contributed by atoms with Crippen molar-refractivity contribution in [1.29, 1.82) is 0 Å². The Labute approximate surface area is 94.3 Å². The molecule has 0 spiro atoms. The third-order valence-corrected chi connectivity index (χ3v) is 2.24. The highest BCUT2D eigenvalue weighted by atomic mass is 16.4. The zero-order valence-corrected chi connectivity index (χ0v) is 9.41. The van der Waals surface area contributed by atoms with Gasteiger partial charge in [0, 0.05) is 12.1 Å². The number of hydrogen-bond donors (Lipinski definition) is 2. The Hall–Kier alpha value is -1.84. The summed E-state index contributed by atoms with van der Waals surface area (Å²) in [5.41, 5.74) is 1.60. The van der Waals surface area contributed by atoms with E-state index in [-0.39, 0.29) is 11.5 Å². The number of hydrogen-bond acceptors (Lipinski definition) is 2. The summed E-state index contributed by atoms with van der Waals surface area (Å²) in [5.74, 6) is -1.08. The lowest BCUT2D eigenvalue weighted by molar-refractivity contribution is -0.116. The molecular weight excluding hydrogens is 206 g/mol. The van der Waals surface area contributed by atoms with E-state index < -0.39 is 5.97 Å². The highest BCUT2D eigenvalue weighted by molar-refractivity contribution is 5.94. The summed E-state index contributed by atoms with van der Waals surface area (Å²) in [7, 11) is 0. The first-order chi connectivity index (χ1) is 7.54. The molecule has 86 valence electrons. The van der Waals surface area contributed by atoms with E-state index in [1.165, 1.54) is 12.1 Å². The standard InChI is InChI=1S/C12H15NO3/c1-3-4-11(14)13-10-7-9(12(15)16)6-5-8(10)2/h5-7H,3-4H2,1-2H3,(H,13,14)(H,15,16). The normalized spacial score (nSPS) is 9.88. The van der Waals surface area contributed by atoms with Crippen LogP contribution in [0, 0.1) is 6.92 Å². The van der Waals surface area contributed by atoms with E-state index in [0.717, 1.165) is 12.0 Å². The van der Waals surface area contributed by atoms with Crippen LogP contribution in [0.2, 0.25) is 0 Å². The van der Waals surface area contributed by atoms with E-state index in [1.807, 2.05) is 13.8 Å². The molecule has 0 atom stereocenters. The van der Waals surface area contributed by atoms with Gasteiger partial charge in [0.15, 0.2) is 0 Å². The molecule has 0 aliphatic carbocycles. The van der Waals surface area contributed by atoms with Crippen LogP contribution in [0.4, 0.5) is 5.69 Å². The van der Waals surface area contributed by atoms with Crippen LogP contribution >= 0.6 is 0 Å². The lowest BCUT2D eigenvalue weighted by Crippen LogP contribution is -2.12. The van der Waals surface area contributed by atoms with Crippen molar-refractivity contribution < 1.29 is 14.7 Å². The SMILES string of the molecule is CCCC(=O)Nc1cc(C(=O)O)ccc1C. The summed E-state index contributed by atoms with van der Waals surface area (Å²) in [6.45, 7) is 3.74. The Balaban J connectivity index is 2.90. The predicted octanol–water partition coefficient (Wildman–Crippen LogP) is 2.43. The molecule has 0 saturated carbocycles. The second-order valence-corrected chi connectivity index (χ2v) is 3.63. The van der Waals surface area contributed by atoms with Crippen molar-refractivity contribution >= 4 is 17.6 Å². The molecule has 0 aliphatic rings. The van der Waals surface area contributed by atoms with Crippen LogP contribution < -0.4 is 5.32 Å². The molecule has 1 rings (SSSR count). The van der Waals surface area contributed by atoms with Gasteiger partial charge in [-0.25, -0.2) is 4.79 Å². The van der Waals surface area contributed by atoms with Gasteiger partial charge < -0.3 is 10.4 Å². The van der Waals surface area contributed by atoms with Crippen molar-refractivity contribution in [2.75, 3.05) is 5.32 Å². The van der Waals surface area contributed by atoms with Crippen molar-refractivity contribution in [3.8, 4) is 0 Å². The predicted molar refractivity (Wildman–Crippen MR) is 61.7 cm³/mol. The van der Waals surface area contributed by atoms with Gasteiger partial charge in [-0.3, -0.25) is 4.79 Å². The summed E-state index contributed by atoms with van der Waals surface area (Å²) in [6.07, 6.45) is 1.21. The van der Waals surface area contributed by atoms with Crippen LogP contribution in [0.1, 0.15) is 35.7 Å². The monoisotopic (exact) mass is 221 g/mol. The van der Waals surface area contributed by atoms with E-state index in [0.29, 0.717) is 12.1 Å². The number of anilines is 1. The average Bonchev–Trinajstić information content (AvgIpc) is 2.21. The molecule has 2 N–H and O–H groups in total. The fourth-order valence-electron chi connectivity index (χ4n) is 1.33. The summed E-state index contributed by atoms with van der Waals surface area (Å²) < 4.78 is 0. The number of carboxylic acid groups (broad SMARTS) is 1. The number of carbonyl (C=O) groups excluding carboxylic acids is 1. The third-order valence-electron chi connectivity index (χ3n) is 2.24. The number of amides is 1. The first-order valence-corrected chi connectivity index (χ1v) is 5.18. The van der Waals surface area contributed by atoms with Crippen LogP contribution in [0.3, 0.4) is 0 Å². The molecule has 0 radical (unpaired) electrons. The zero-order valence-electron chi connectivity index (χ0n) is 9.41. The molecule has 0 bridgehead atoms. The Morgan fingerprint density at radius 2 is 2.06 bits per heavy atom. The Kier molecular flexibility index (Phi) is 4.05. The van der Waals surface area contributed by atoms with Crippen LogP contribution in [0.25, 0.3) is 0 Å². The third kappa shape index (κ3) is 3.08. The fourth-order valence-corrected chi connectivity index (χ4v) is 1.33. The van der Waals surface area contributed by atoms with Gasteiger partial charge in [0.1, 0.15) is 0 Å². The van der Waals surface area contributed by atoms with Crippen molar-refractivity contribution in [3.05, 3.63) is 29.3 Å². The summed E-state index contributed by atoms with van der Waals surface area (Å²) in [4.78, 5) is 22.2. The molecule has 0 aromatic heterocycles. The topological polar surface area (TPSA) is 66.4 Å². The summed E-state index contributed by atoms with van der Waals surface area (Å²) in [5, 5.41) is 11.5. The van der Waals surface area contributed by atoms with E-state index in [2.05, 4.69) is 5.32 Å². The highest BCUT2D eigenvalue weighted by Gasteiger charge is 2.08. The number of rotatable bonds is 4. The van der Waals surface area contributed by atoms with Gasteiger partial charge in [0.2, 0.25) is 5.91 Å². The minimum atomic E-state index is -0.994. The van der Waals surface area contributed by atoms with Gasteiger partial charge in [0.25, 0.3) is 0 Å². The van der Waals surface area contributed by atoms with Gasteiger partial charge >= 0.3 is 5.97 Å². The largest absolute Gasteiger partial charge is 0.478 e. The van der Waals surface area contributed by atoms with Crippen LogP contribution in [-0.2, 0) is 4.79 Å². The summed E-state index contributed by atoms with van der Waals surface area (Å²) >= 11 is 0. The second kappa shape index (κ2) is 5.30. The van der Waals surface area contributed by atoms with Gasteiger partial charge in [-0.05, 0) is 31.0 Å². The molecule has 0 fully saturated rings. The molecule has 1 amide bonds. The summed E-state index contributed by atoms with van der Waals surface area (Å²) in [6, 6.07) is 4.68. The molecule has 4 nitrogen and oxygen atoms in total. The van der Waals surface area contributed by atoms with E-state index in [9.17, 15) is 9.59 Å². The molecular formula is C12H15NO3. The van der Waals surface area contributed by atoms with Crippen LogP contribution in [0.15, 0.2) is 18.2 Å². The van der Waals surface area contributed by atoms with Crippen LogP contribution in [0.5, 0.6) is 0 Å². The Morgan fingerprint density at radius 3 is 2.62 bits per heavy atom. The molecule has 1 aromatic rings. The van der Waals surface area contributed by atoms with Crippen molar-refractivity contribution in [2.45, 2.75) is 26.7 Å².